The highest BCUT2D eigenvalue weighted by Crippen LogP contribution is 1.97. The average molecular weight is 407 g/mol. The fraction of sp³-hybridized carbons (Fsp3) is 0.889. The number of rotatable bonds is 4. The molecule has 0 aromatic heterocycles. The van der Waals surface area contributed by atoms with Crippen LogP contribution in [0, 0.1) is 0 Å². The third-order valence-electron chi connectivity index (χ3n) is 4.25. The number of carbonyl (C=O) groups excluding carboxylic acids is 2. The van der Waals surface area contributed by atoms with Gasteiger partial charge in [0.25, 0.3) is 0 Å². The Labute approximate surface area is 167 Å². The Morgan fingerprint density at radius 1 is 0.571 bits per heavy atom. The van der Waals surface area contributed by atoms with E-state index in [-0.39, 0.29) is 11.8 Å². The van der Waals surface area contributed by atoms with E-state index in [1.807, 2.05) is 0 Å². The van der Waals surface area contributed by atoms with Gasteiger partial charge in [-0.05, 0) is 0 Å². The minimum absolute atomic E-state index is 0.0659. The normalized spacial score (nSPS) is 19.6. The van der Waals surface area contributed by atoms with Crippen LogP contribution in [0.5, 0.6) is 0 Å². The third-order valence-corrected chi connectivity index (χ3v) is 4.25. The summed E-state index contributed by atoms with van der Waals surface area (Å²) >= 11 is 0. The van der Waals surface area contributed by atoms with Gasteiger partial charge in [0, 0.05) is 26.2 Å². The van der Waals surface area contributed by atoms with Crippen LogP contribution in [0.25, 0.3) is 0 Å². The molecule has 1 fully saturated rings. The van der Waals surface area contributed by atoms with E-state index in [0.717, 1.165) is 0 Å². The number of hydrogen-bond acceptors (Lipinski definition) is 6. The lowest BCUT2D eigenvalue weighted by atomic mass is 10.3. The molecule has 1 aliphatic rings. The lowest BCUT2D eigenvalue weighted by Crippen LogP contribution is -2.52. The van der Waals surface area contributed by atoms with E-state index >= 15 is 0 Å². The molecule has 10 heteroatoms. The van der Waals surface area contributed by atoms with Crippen molar-refractivity contribution in [1.29, 1.82) is 0 Å². The van der Waals surface area contributed by atoms with Crippen LogP contribution >= 0.6 is 0 Å². The summed E-state index contributed by atoms with van der Waals surface area (Å²) in [5.41, 5.74) is 7.48. The molecule has 0 atom stereocenters. The molecule has 0 aromatic rings. The second-order valence-corrected chi connectivity index (χ2v) is 6.42. The first-order valence-electron chi connectivity index (χ1n) is 10.1. The van der Waals surface area contributed by atoms with Gasteiger partial charge < -0.3 is 40.2 Å². The summed E-state index contributed by atoms with van der Waals surface area (Å²) in [6.07, 6.45) is 0.852. The summed E-state index contributed by atoms with van der Waals surface area (Å²) in [7, 11) is 0. The van der Waals surface area contributed by atoms with E-state index in [2.05, 4.69) is 11.5 Å². The summed E-state index contributed by atoms with van der Waals surface area (Å²) in [5, 5.41) is 0. The maximum Gasteiger partial charge on any atom is 0.228 e. The number of amides is 2. The highest BCUT2D eigenvalue weighted by atomic mass is 16.5. The molecule has 6 N–H and O–H groups in total. The molecule has 0 saturated carbocycles. The fourth-order valence-corrected chi connectivity index (χ4v) is 2.68. The standard InChI is InChI=1S/C18H36N4O6/c19-3-1-17(23)21-5-9-25-13-15-27-11-7-22(18(24)2-4-20)8-12-28-16-14-26-10-6-21/h1-16,19-20H2/p+2. The summed E-state index contributed by atoms with van der Waals surface area (Å²) in [5.74, 6) is 0.132. The predicted molar refractivity (Wildman–Crippen MR) is 101 cm³/mol. The van der Waals surface area contributed by atoms with Crippen LogP contribution in [0.2, 0.25) is 0 Å². The molecule has 164 valence electrons. The first-order chi connectivity index (χ1) is 13.7. The van der Waals surface area contributed by atoms with Crippen LogP contribution in [0.15, 0.2) is 0 Å². The Hall–Kier alpha value is -1.30. The highest BCUT2D eigenvalue weighted by molar-refractivity contribution is 5.76. The topological polar surface area (TPSA) is 133 Å². The number of ether oxygens (including phenoxy) is 4. The molecule has 2 amide bonds. The highest BCUT2D eigenvalue weighted by Gasteiger charge is 2.14. The van der Waals surface area contributed by atoms with E-state index in [1.165, 1.54) is 0 Å². The second-order valence-electron chi connectivity index (χ2n) is 6.42. The summed E-state index contributed by atoms with van der Waals surface area (Å²) in [6, 6.07) is 0. The Bertz CT molecular complexity index is 369. The van der Waals surface area contributed by atoms with Gasteiger partial charge in [-0.15, -0.1) is 0 Å². The molecule has 28 heavy (non-hydrogen) atoms. The molecule has 1 rings (SSSR count). The van der Waals surface area contributed by atoms with Crippen molar-refractivity contribution >= 4 is 11.8 Å². The zero-order valence-corrected chi connectivity index (χ0v) is 17.1. The quantitative estimate of drug-likeness (QED) is 0.511. The summed E-state index contributed by atoms with van der Waals surface area (Å²) < 4.78 is 22.3. The molecular formula is C18H38N4O6+2. The van der Waals surface area contributed by atoms with Crippen molar-refractivity contribution in [3.8, 4) is 0 Å². The van der Waals surface area contributed by atoms with Gasteiger partial charge in [-0.1, -0.05) is 0 Å². The van der Waals surface area contributed by atoms with Crippen LogP contribution in [0.3, 0.4) is 0 Å². The first-order valence-corrected chi connectivity index (χ1v) is 10.1. The van der Waals surface area contributed by atoms with Crippen molar-refractivity contribution in [3.63, 3.8) is 0 Å². The second kappa shape index (κ2) is 16.6. The van der Waals surface area contributed by atoms with Gasteiger partial charge in [0.15, 0.2) is 0 Å². The van der Waals surface area contributed by atoms with E-state index in [9.17, 15) is 9.59 Å². The Morgan fingerprint density at radius 2 is 0.857 bits per heavy atom. The van der Waals surface area contributed by atoms with Gasteiger partial charge in [0.05, 0.1) is 78.8 Å². The summed E-state index contributed by atoms with van der Waals surface area (Å²) in [4.78, 5) is 27.8. The van der Waals surface area contributed by atoms with Gasteiger partial charge in [-0.2, -0.15) is 0 Å². The van der Waals surface area contributed by atoms with E-state index in [1.54, 1.807) is 9.80 Å². The van der Waals surface area contributed by atoms with Crippen molar-refractivity contribution in [3.05, 3.63) is 0 Å². The zero-order chi connectivity index (χ0) is 20.5. The van der Waals surface area contributed by atoms with Crippen LogP contribution in [0.4, 0.5) is 0 Å². The molecule has 0 aromatic carbocycles. The largest absolute Gasteiger partial charge is 0.377 e. The van der Waals surface area contributed by atoms with Crippen molar-refractivity contribution in [1.82, 2.24) is 9.80 Å². The lowest BCUT2D eigenvalue weighted by Gasteiger charge is -2.23. The van der Waals surface area contributed by atoms with E-state index < -0.39 is 0 Å². The van der Waals surface area contributed by atoms with Gasteiger partial charge in [0.1, 0.15) is 0 Å². The van der Waals surface area contributed by atoms with Gasteiger partial charge in [-0.3, -0.25) is 9.59 Å². The number of hydrogen-bond donors (Lipinski definition) is 2. The molecule has 0 bridgehead atoms. The van der Waals surface area contributed by atoms with Crippen molar-refractivity contribution in [2.45, 2.75) is 12.8 Å². The van der Waals surface area contributed by atoms with Crippen LogP contribution in [-0.4, -0.2) is 114 Å². The molecule has 0 unspecified atom stereocenters. The lowest BCUT2D eigenvalue weighted by molar-refractivity contribution is -0.367. The maximum absolute atomic E-state index is 12.1. The minimum Gasteiger partial charge on any atom is -0.377 e. The SMILES string of the molecule is [NH3+]CCC(=O)N1CCOCCOCCN(C(=O)CC[NH3+])CCOCCOCC1. The predicted octanol–water partition coefficient (Wildman–Crippen LogP) is -3.01. The van der Waals surface area contributed by atoms with Crippen LogP contribution in [0.1, 0.15) is 12.8 Å². The molecule has 0 spiro atoms. The monoisotopic (exact) mass is 406 g/mol. The maximum atomic E-state index is 12.1. The van der Waals surface area contributed by atoms with Crippen molar-refractivity contribution in [2.75, 3.05) is 92.1 Å². The number of carbonyl (C=O) groups is 2. The van der Waals surface area contributed by atoms with E-state index in [0.29, 0.717) is 105 Å². The van der Waals surface area contributed by atoms with Gasteiger partial charge in [0.2, 0.25) is 11.8 Å². The number of quaternary nitrogens is 2. The number of nitrogens with zero attached hydrogens (tertiary/aromatic N) is 2. The van der Waals surface area contributed by atoms with E-state index in [4.69, 9.17) is 18.9 Å². The summed E-state index contributed by atoms with van der Waals surface area (Å²) in [6.45, 7) is 6.82. The van der Waals surface area contributed by atoms with Gasteiger partial charge >= 0.3 is 0 Å². The Kier molecular flexibility index (Phi) is 14.7. The Balaban J connectivity index is 2.45. The molecule has 1 heterocycles. The minimum atomic E-state index is 0.0659. The molecule has 1 aliphatic heterocycles. The van der Waals surface area contributed by atoms with Crippen LogP contribution < -0.4 is 11.5 Å². The fourth-order valence-electron chi connectivity index (χ4n) is 2.68. The Morgan fingerprint density at radius 3 is 1.11 bits per heavy atom. The van der Waals surface area contributed by atoms with Crippen LogP contribution in [-0.2, 0) is 28.5 Å². The molecule has 1 saturated heterocycles. The van der Waals surface area contributed by atoms with Gasteiger partial charge in [-0.25, -0.2) is 0 Å². The molecular weight excluding hydrogens is 368 g/mol. The molecule has 0 aliphatic carbocycles. The van der Waals surface area contributed by atoms with Crippen molar-refractivity contribution in [2.24, 2.45) is 0 Å². The molecule has 0 radical (unpaired) electrons. The average Bonchev–Trinajstić information content (AvgIpc) is 2.68. The zero-order valence-electron chi connectivity index (χ0n) is 17.1. The molecule has 10 nitrogen and oxygen atoms in total. The third kappa shape index (κ3) is 11.5. The first kappa shape index (κ1) is 24.7. The smallest absolute Gasteiger partial charge is 0.228 e. The van der Waals surface area contributed by atoms with Crippen molar-refractivity contribution < 1.29 is 40.0 Å².